The van der Waals surface area contributed by atoms with Gasteiger partial charge in [0.05, 0.1) is 18.0 Å². The predicted molar refractivity (Wildman–Crippen MR) is 110 cm³/mol. The minimum Gasteiger partial charge on any atom is -0.464 e. The summed E-state index contributed by atoms with van der Waals surface area (Å²) in [5.41, 5.74) is -4.31. The maximum Gasteiger partial charge on any atom is 0.423 e. The number of halogens is 4. The van der Waals surface area contributed by atoms with E-state index >= 15 is 0 Å². The number of nitrogens with zero attached hydrogens (tertiary/aromatic N) is 2. The second kappa shape index (κ2) is 9.00. The van der Waals surface area contributed by atoms with Gasteiger partial charge in [0.25, 0.3) is 17.4 Å². The second-order valence-electron chi connectivity index (χ2n) is 7.15. The number of benzene rings is 2. The summed E-state index contributed by atoms with van der Waals surface area (Å²) in [6.07, 6.45) is -5.46. The summed E-state index contributed by atoms with van der Waals surface area (Å²) in [5, 5.41) is 6.34. The largest absolute Gasteiger partial charge is 0.464 e. The Kier molecular flexibility index (Phi) is 6.52. The zero-order valence-corrected chi connectivity index (χ0v) is 17.5. The third-order valence-corrected chi connectivity index (χ3v) is 5.03. The van der Waals surface area contributed by atoms with Crippen LogP contribution in [-0.4, -0.2) is 41.8 Å². The summed E-state index contributed by atoms with van der Waals surface area (Å²) in [7, 11) is 0. The van der Waals surface area contributed by atoms with Gasteiger partial charge in [0, 0.05) is 5.56 Å². The predicted octanol–water partition coefficient (Wildman–Crippen LogP) is 3.46. The van der Waals surface area contributed by atoms with Crippen LogP contribution in [0.5, 0.6) is 0 Å². The van der Waals surface area contributed by atoms with E-state index in [1.165, 1.54) is 19.1 Å². The molecular formula is C22H19F4N3O4. The van der Waals surface area contributed by atoms with Crippen LogP contribution < -0.4 is 10.3 Å². The van der Waals surface area contributed by atoms with Gasteiger partial charge in [-0.15, -0.1) is 0 Å². The zero-order valence-electron chi connectivity index (χ0n) is 17.5. The number of ether oxygens (including phenoxy) is 1. The minimum absolute atomic E-state index is 0.175. The fourth-order valence-corrected chi connectivity index (χ4v) is 3.51. The highest BCUT2D eigenvalue weighted by Crippen LogP contribution is 2.42. The quantitative estimate of drug-likeness (QED) is 0.523. The second-order valence-corrected chi connectivity index (χ2v) is 7.15. The number of rotatable bonds is 6. The fourth-order valence-electron chi connectivity index (χ4n) is 3.51. The molecule has 3 rings (SSSR count). The summed E-state index contributed by atoms with van der Waals surface area (Å²) < 4.78 is 61.7. The van der Waals surface area contributed by atoms with E-state index in [2.05, 4.69) is 9.84 Å². The number of carbonyl (C=O) groups is 3. The Balaban J connectivity index is 2.13. The van der Waals surface area contributed by atoms with Gasteiger partial charge in [-0.2, -0.15) is 18.3 Å². The van der Waals surface area contributed by atoms with Crippen molar-refractivity contribution in [3.05, 3.63) is 66.0 Å². The van der Waals surface area contributed by atoms with Gasteiger partial charge in [0.1, 0.15) is 11.7 Å². The molecule has 2 aromatic rings. The van der Waals surface area contributed by atoms with Crippen molar-refractivity contribution in [1.29, 1.82) is 0 Å². The monoisotopic (exact) mass is 465 g/mol. The molecule has 1 aliphatic rings. The van der Waals surface area contributed by atoms with Gasteiger partial charge in [-0.1, -0.05) is 18.2 Å². The molecule has 1 aliphatic heterocycles. The molecule has 2 amide bonds. The molecule has 0 aromatic heterocycles. The standard InChI is InChI=1S/C22H19F4N3O4/c1-3-33-20(32)21(22(24,25)26,27-18(30)14-9-11-15(23)12-10-14)17-13(2)28-29(19(17)31)16-7-5-4-6-8-16/h4-12,17H,3H2,1-2H3,(H,27,30)/t17-,21-/m0/s1. The summed E-state index contributed by atoms with van der Waals surface area (Å²) in [4.78, 5) is 38.7. The lowest BCUT2D eigenvalue weighted by Crippen LogP contribution is -2.71. The number of hydrogen-bond donors (Lipinski definition) is 1. The average molecular weight is 465 g/mol. The molecule has 33 heavy (non-hydrogen) atoms. The number of anilines is 1. The van der Waals surface area contributed by atoms with Crippen LogP contribution in [0.4, 0.5) is 23.2 Å². The van der Waals surface area contributed by atoms with Gasteiger partial charge in [-0.3, -0.25) is 9.59 Å². The fraction of sp³-hybridized carbons (Fsp3) is 0.273. The molecule has 0 saturated heterocycles. The van der Waals surface area contributed by atoms with Crippen LogP contribution >= 0.6 is 0 Å². The van der Waals surface area contributed by atoms with Gasteiger partial charge in [0.15, 0.2) is 0 Å². The lowest BCUT2D eigenvalue weighted by atomic mass is 9.79. The van der Waals surface area contributed by atoms with Crippen molar-refractivity contribution in [3.63, 3.8) is 0 Å². The molecule has 0 aliphatic carbocycles. The lowest BCUT2D eigenvalue weighted by molar-refractivity contribution is -0.217. The average Bonchev–Trinajstić information content (AvgIpc) is 3.06. The highest BCUT2D eigenvalue weighted by molar-refractivity contribution is 6.19. The van der Waals surface area contributed by atoms with Crippen molar-refractivity contribution in [1.82, 2.24) is 5.32 Å². The molecule has 0 fully saturated rings. The van der Waals surface area contributed by atoms with Crippen molar-refractivity contribution >= 4 is 29.2 Å². The topological polar surface area (TPSA) is 88.1 Å². The van der Waals surface area contributed by atoms with Gasteiger partial charge >= 0.3 is 12.1 Å². The molecule has 0 bridgehead atoms. The zero-order chi connectivity index (χ0) is 24.4. The van der Waals surface area contributed by atoms with E-state index < -0.39 is 47.8 Å². The molecule has 0 saturated carbocycles. The molecule has 2 aromatic carbocycles. The summed E-state index contributed by atoms with van der Waals surface area (Å²) in [6, 6.07) is 11.3. The normalized spacial score (nSPS) is 17.9. The Morgan fingerprint density at radius 3 is 2.24 bits per heavy atom. The molecule has 0 spiro atoms. The molecule has 2 atom stereocenters. The number of amides is 2. The number of hydrazone groups is 1. The molecule has 7 nitrogen and oxygen atoms in total. The molecule has 11 heteroatoms. The van der Waals surface area contributed by atoms with Crippen LogP contribution in [0.15, 0.2) is 59.7 Å². The van der Waals surface area contributed by atoms with Crippen LogP contribution in [0.25, 0.3) is 0 Å². The van der Waals surface area contributed by atoms with E-state index in [-0.39, 0.29) is 17.0 Å². The molecule has 1 N–H and O–H groups in total. The maximum absolute atomic E-state index is 14.6. The Hall–Kier alpha value is -3.76. The number of alkyl halides is 3. The first kappa shape index (κ1) is 23.9. The highest BCUT2D eigenvalue weighted by atomic mass is 19.4. The summed E-state index contributed by atoms with van der Waals surface area (Å²) in [6.45, 7) is 1.99. The van der Waals surface area contributed by atoms with Crippen molar-refractivity contribution in [2.24, 2.45) is 11.0 Å². The van der Waals surface area contributed by atoms with E-state index in [4.69, 9.17) is 0 Å². The molecule has 1 heterocycles. The van der Waals surface area contributed by atoms with Crippen LogP contribution in [0.1, 0.15) is 24.2 Å². The van der Waals surface area contributed by atoms with E-state index in [1.807, 2.05) is 0 Å². The molecular weight excluding hydrogens is 446 g/mol. The SMILES string of the molecule is CCOC(=O)[C@@](NC(=O)c1ccc(F)cc1)([C@@H]1C(=O)N(c2ccccc2)N=C1C)C(F)(F)F. The van der Waals surface area contributed by atoms with E-state index in [0.717, 1.165) is 36.2 Å². The Labute approximate surface area is 186 Å². The van der Waals surface area contributed by atoms with Crippen LogP contribution in [0, 0.1) is 11.7 Å². The Bertz CT molecular complexity index is 1090. The molecule has 174 valence electrons. The van der Waals surface area contributed by atoms with E-state index in [0.29, 0.717) is 0 Å². The number of carbonyl (C=O) groups excluding carboxylic acids is 3. The minimum atomic E-state index is -5.46. The van der Waals surface area contributed by atoms with Gasteiger partial charge in [0.2, 0.25) is 0 Å². The van der Waals surface area contributed by atoms with Crippen molar-refractivity contribution < 1.29 is 36.7 Å². The van der Waals surface area contributed by atoms with Gasteiger partial charge < -0.3 is 10.1 Å². The lowest BCUT2D eigenvalue weighted by Gasteiger charge is -2.37. The van der Waals surface area contributed by atoms with Crippen molar-refractivity contribution in [3.8, 4) is 0 Å². The van der Waals surface area contributed by atoms with E-state index in [9.17, 15) is 31.9 Å². The number of para-hydroxylation sites is 1. The van der Waals surface area contributed by atoms with Crippen molar-refractivity contribution in [2.75, 3.05) is 11.6 Å². The van der Waals surface area contributed by atoms with Crippen LogP contribution in [0.2, 0.25) is 0 Å². The maximum atomic E-state index is 14.6. The van der Waals surface area contributed by atoms with Crippen LogP contribution in [-0.2, 0) is 14.3 Å². The number of nitrogens with one attached hydrogen (secondary N) is 1. The summed E-state index contributed by atoms with van der Waals surface area (Å²) >= 11 is 0. The number of esters is 1. The highest BCUT2D eigenvalue weighted by Gasteiger charge is 2.71. The Morgan fingerprint density at radius 1 is 1.09 bits per heavy atom. The molecule has 0 radical (unpaired) electrons. The van der Waals surface area contributed by atoms with Crippen LogP contribution in [0.3, 0.4) is 0 Å². The third-order valence-electron chi connectivity index (χ3n) is 5.03. The van der Waals surface area contributed by atoms with Gasteiger partial charge in [-0.05, 0) is 50.2 Å². The smallest absolute Gasteiger partial charge is 0.423 e. The van der Waals surface area contributed by atoms with E-state index in [1.54, 1.807) is 23.5 Å². The number of hydrogen-bond acceptors (Lipinski definition) is 5. The first-order chi connectivity index (χ1) is 15.5. The van der Waals surface area contributed by atoms with Gasteiger partial charge in [-0.25, -0.2) is 14.2 Å². The first-order valence-electron chi connectivity index (χ1n) is 9.79. The first-order valence-corrected chi connectivity index (χ1v) is 9.79. The third kappa shape index (κ3) is 4.30. The summed E-state index contributed by atoms with van der Waals surface area (Å²) in [5.74, 6) is -7.34. The molecule has 0 unspecified atom stereocenters. The Morgan fingerprint density at radius 2 is 1.70 bits per heavy atom. The van der Waals surface area contributed by atoms with Crippen molar-refractivity contribution in [2.45, 2.75) is 25.6 Å².